The minimum atomic E-state index is -1.08. The Bertz CT molecular complexity index is 483. The minimum Gasteiger partial charge on any atom is -0.481 e. The Morgan fingerprint density at radius 3 is 2.60 bits per heavy atom. The number of amides is 1. The topological polar surface area (TPSA) is 86.6 Å². The summed E-state index contributed by atoms with van der Waals surface area (Å²) in [6, 6.07) is 7.34. The van der Waals surface area contributed by atoms with E-state index in [1.54, 1.807) is 6.07 Å². The van der Waals surface area contributed by atoms with E-state index in [2.05, 4.69) is 5.32 Å². The van der Waals surface area contributed by atoms with Gasteiger partial charge >= 0.3 is 5.97 Å². The first kappa shape index (κ1) is 16.2. The third-order valence-corrected chi connectivity index (χ3v) is 3.02. The van der Waals surface area contributed by atoms with Crippen molar-refractivity contribution in [1.29, 1.82) is 0 Å². The molecule has 0 aromatic heterocycles. The Morgan fingerprint density at radius 1 is 1.30 bits per heavy atom. The molecule has 0 spiro atoms. The Labute approximate surface area is 118 Å². The number of aliphatic carboxylic acids is 1. The van der Waals surface area contributed by atoms with Crippen molar-refractivity contribution in [2.45, 2.75) is 33.1 Å². The molecule has 0 aliphatic heterocycles. The summed E-state index contributed by atoms with van der Waals surface area (Å²) in [5, 5.41) is 20.5. The van der Waals surface area contributed by atoms with E-state index in [0.29, 0.717) is 12.1 Å². The van der Waals surface area contributed by atoms with Crippen LogP contribution in [0.25, 0.3) is 0 Å². The van der Waals surface area contributed by atoms with Crippen LogP contribution in [0.4, 0.5) is 5.69 Å². The van der Waals surface area contributed by atoms with Crippen molar-refractivity contribution in [2.24, 2.45) is 5.41 Å². The van der Waals surface area contributed by atoms with Crippen LogP contribution >= 0.6 is 0 Å². The maximum absolute atomic E-state index is 11.8. The van der Waals surface area contributed by atoms with Crippen molar-refractivity contribution in [1.82, 2.24) is 0 Å². The highest BCUT2D eigenvalue weighted by Crippen LogP contribution is 2.21. The van der Waals surface area contributed by atoms with Gasteiger partial charge in [-0.2, -0.15) is 0 Å². The van der Waals surface area contributed by atoms with E-state index < -0.39 is 11.4 Å². The monoisotopic (exact) mass is 279 g/mol. The van der Waals surface area contributed by atoms with Crippen LogP contribution < -0.4 is 5.32 Å². The van der Waals surface area contributed by atoms with Gasteiger partial charge in [-0.15, -0.1) is 0 Å². The van der Waals surface area contributed by atoms with Gasteiger partial charge < -0.3 is 15.5 Å². The van der Waals surface area contributed by atoms with E-state index in [-0.39, 0.29) is 18.9 Å². The average molecular weight is 279 g/mol. The molecule has 5 heteroatoms. The van der Waals surface area contributed by atoms with Gasteiger partial charge in [0.25, 0.3) is 0 Å². The van der Waals surface area contributed by atoms with Crippen LogP contribution in [-0.2, 0) is 16.0 Å². The zero-order chi connectivity index (χ0) is 15.2. The molecule has 20 heavy (non-hydrogen) atoms. The summed E-state index contributed by atoms with van der Waals surface area (Å²) >= 11 is 0. The summed E-state index contributed by atoms with van der Waals surface area (Å²) in [5.74, 6) is -1.32. The number of rotatable bonds is 7. The average Bonchev–Trinajstić information content (AvgIpc) is 2.35. The number of aryl methyl sites for hydroxylation is 1. The van der Waals surface area contributed by atoms with Gasteiger partial charge in [0.15, 0.2) is 0 Å². The normalized spacial score (nSPS) is 11.2. The molecule has 1 aromatic carbocycles. The molecule has 0 atom stereocenters. The molecule has 0 saturated heterocycles. The molecule has 0 saturated carbocycles. The zero-order valence-corrected chi connectivity index (χ0v) is 11.8. The van der Waals surface area contributed by atoms with Crippen molar-refractivity contribution >= 4 is 17.6 Å². The first-order valence-corrected chi connectivity index (χ1v) is 6.58. The van der Waals surface area contributed by atoms with E-state index in [4.69, 9.17) is 10.2 Å². The lowest BCUT2D eigenvalue weighted by atomic mass is 9.89. The van der Waals surface area contributed by atoms with Gasteiger partial charge in [-0.05, 0) is 44.4 Å². The van der Waals surface area contributed by atoms with Crippen LogP contribution in [-0.4, -0.2) is 28.7 Å². The molecule has 1 amide bonds. The first-order chi connectivity index (χ1) is 9.35. The third-order valence-electron chi connectivity index (χ3n) is 3.02. The molecule has 0 unspecified atom stereocenters. The van der Waals surface area contributed by atoms with Crippen molar-refractivity contribution in [2.75, 3.05) is 11.9 Å². The van der Waals surface area contributed by atoms with Gasteiger partial charge in [-0.25, -0.2) is 0 Å². The number of carbonyl (C=O) groups excluding carboxylic acids is 1. The number of carboxylic acid groups (broad SMARTS) is 1. The number of hydrogen-bond acceptors (Lipinski definition) is 3. The highest BCUT2D eigenvalue weighted by Gasteiger charge is 2.30. The molecule has 0 fully saturated rings. The second-order valence-corrected chi connectivity index (χ2v) is 5.44. The van der Waals surface area contributed by atoms with E-state index in [1.165, 1.54) is 13.8 Å². The number of benzene rings is 1. The summed E-state index contributed by atoms with van der Waals surface area (Å²) in [4.78, 5) is 22.8. The lowest BCUT2D eigenvalue weighted by Gasteiger charge is -2.18. The smallest absolute Gasteiger partial charge is 0.309 e. The maximum atomic E-state index is 11.8. The van der Waals surface area contributed by atoms with Crippen LogP contribution in [0.15, 0.2) is 24.3 Å². The van der Waals surface area contributed by atoms with Gasteiger partial charge in [0.2, 0.25) is 5.91 Å². The van der Waals surface area contributed by atoms with Crippen molar-refractivity contribution < 1.29 is 19.8 Å². The molecule has 3 N–H and O–H groups in total. The largest absolute Gasteiger partial charge is 0.481 e. The number of nitrogens with one attached hydrogen (secondary N) is 1. The van der Waals surface area contributed by atoms with E-state index in [1.807, 2.05) is 18.2 Å². The molecule has 5 nitrogen and oxygen atoms in total. The highest BCUT2D eigenvalue weighted by molar-refractivity contribution is 5.94. The minimum absolute atomic E-state index is 0.0802. The second-order valence-electron chi connectivity index (χ2n) is 5.44. The molecule has 1 aromatic rings. The Kier molecular flexibility index (Phi) is 5.70. The Balaban J connectivity index is 2.64. The molecule has 0 radical (unpaired) electrons. The lowest BCUT2D eigenvalue weighted by molar-refractivity contribution is -0.148. The molecule has 0 aliphatic carbocycles. The third kappa shape index (κ3) is 5.01. The summed E-state index contributed by atoms with van der Waals surface area (Å²) in [7, 11) is 0. The number of anilines is 1. The van der Waals surface area contributed by atoms with Crippen LogP contribution in [0.3, 0.4) is 0 Å². The quantitative estimate of drug-likeness (QED) is 0.713. The molecule has 110 valence electrons. The molecule has 0 aliphatic rings. The summed E-state index contributed by atoms with van der Waals surface area (Å²) in [5.41, 5.74) is 0.583. The number of aliphatic hydroxyl groups excluding tert-OH is 1. The Morgan fingerprint density at radius 2 is 2.00 bits per heavy atom. The maximum Gasteiger partial charge on any atom is 0.309 e. The predicted octanol–water partition coefficient (Wildman–Crippen LogP) is 2.05. The first-order valence-electron chi connectivity index (χ1n) is 6.58. The predicted molar refractivity (Wildman–Crippen MR) is 76.5 cm³/mol. The fourth-order valence-corrected chi connectivity index (χ4v) is 1.77. The summed E-state index contributed by atoms with van der Waals surface area (Å²) < 4.78 is 0. The zero-order valence-electron chi connectivity index (χ0n) is 11.8. The number of aliphatic hydroxyl groups is 1. The van der Waals surface area contributed by atoms with Crippen molar-refractivity contribution in [3.05, 3.63) is 29.8 Å². The van der Waals surface area contributed by atoms with Crippen molar-refractivity contribution in [3.8, 4) is 0 Å². The number of hydrogen-bond donors (Lipinski definition) is 3. The van der Waals surface area contributed by atoms with Gasteiger partial charge in [0, 0.05) is 18.7 Å². The molecule has 1 rings (SSSR count). The molecular formula is C15H21NO4. The summed E-state index contributed by atoms with van der Waals surface area (Å²) in [6.45, 7) is 3.17. The van der Waals surface area contributed by atoms with Gasteiger partial charge in [-0.1, -0.05) is 12.1 Å². The van der Waals surface area contributed by atoms with Gasteiger partial charge in [0.1, 0.15) is 0 Å². The second kappa shape index (κ2) is 7.05. The van der Waals surface area contributed by atoms with Crippen LogP contribution in [0.1, 0.15) is 32.3 Å². The summed E-state index contributed by atoms with van der Waals surface area (Å²) in [6.07, 6.45) is 1.33. The van der Waals surface area contributed by atoms with E-state index >= 15 is 0 Å². The molecular weight excluding hydrogens is 258 g/mol. The van der Waals surface area contributed by atoms with Crippen LogP contribution in [0, 0.1) is 5.41 Å². The van der Waals surface area contributed by atoms with Gasteiger partial charge in [-0.3, -0.25) is 9.59 Å². The van der Waals surface area contributed by atoms with E-state index in [0.717, 1.165) is 12.0 Å². The number of carboxylic acids is 1. The van der Waals surface area contributed by atoms with Crippen LogP contribution in [0.5, 0.6) is 0 Å². The van der Waals surface area contributed by atoms with Crippen molar-refractivity contribution in [3.63, 3.8) is 0 Å². The van der Waals surface area contributed by atoms with Gasteiger partial charge in [0.05, 0.1) is 5.41 Å². The van der Waals surface area contributed by atoms with E-state index in [9.17, 15) is 9.59 Å². The highest BCUT2D eigenvalue weighted by atomic mass is 16.4. The fourth-order valence-electron chi connectivity index (χ4n) is 1.77. The lowest BCUT2D eigenvalue weighted by Crippen LogP contribution is -2.29. The Hall–Kier alpha value is -1.88. The van der Waals surface area contributed by atoms with Crippen LogP contribution in [0.2, 0.25) is 0 Å². The molecule has 0 heterocycles. The molecule has 0 bridgehead atoms. The standard InChI is InChI=1S/C15H21NO4/c1-15(2,14(19)20)10-13(18)16-12-7-3-5-11(9-12)6-4-8-17/h3,5,7,9,17H,4,6,8,10H2,1-2H3,(H,16,18)(H,19,20). The number of carbonyl (C=O) groups is 2. The fraction of sp³-hybridized carbons (Fsp3) is 0.467. The SMILES string of the molecule is CC(C)(CC(=O)Nc1cccc(CCCO)c1)C(=O)O.